The molecule has 0 saturated carbocycles. The van der Waals surface area contributed by atoms with Gasteiger partial charge in [0.25, 0.3) is 0 Å². The van der Waals surface area contributed by atoms with Crippen molar-refractivity contribution in [2.45, 2.75) is 65.2 Å². The van der Waals surface area contributed by atoms with Crippen molar-refractivity contribution in [2.75, 3.05) is 0 Å². The molecule has 3 aromatic rings. The Morgan fingerprint density at radius 2 is 1.35 bits per heavy atom. The lowest BCUT2D eigenvalue weighted by Crippen LogP contribution is -2.33. The summed E-state index contributed by atoms with van der Waals surface area (Å²) >= 11 is 0. The Bertz CT molecular complexity index is 988. The Balaban J connectivity index is 2.04. The number of aromatic nitrogens is 1. The van der Waals surface area contributed by atoms with Gasteiger partial charge in [0.15, 0.2) is 0 Å². The molecular formula is C25H29N. The van der Waals surface area contributed by atoms with Crippen molar-refractivity contribution in [1.82, 2.24) is 4.98 Å². The summed E-state index contributed by atoms with van der Waals surface area (Å²) in [6, 6.07) is 13.8. The normalized spacial score (nSPS) is 17.9. The molecule has 1 aliphatic carbocycles. The molecule has 1 aromatic heterocycles. The van der Waals surface area contributed by atoms with Crippen LogP contribution in [0.4, 0.5) is 0 Å². The van der Waals surface area contributed by atoms with Crippen LogP contribution in [0.3, 0.4) is 0 Å². The fourth-order valence-corrected chi connectivity index (χ4v) is 4.58. The van der Waals surface area contributed by atoms with Crippen LogP contribution in [0, 0.1) is 13.8 Å². The highest BCUT2D eigenvalue weighted by Gasteiger charge is 2.37. The average Bonchev–Trinajstić information content (AvgIpc) is 2.56. The first kappa shape index (κ1) is 17.3. The van der Waals surface area contributed by atoms with Crippen LogP contribution in [0.15, 0.2) is 42.6 Å². The van der Waals surface area contributed by atoms with Gasteiger partial charge in [-0.05, 0) is 78.3 Å². The van der Waals surface area contributed by atoms with Crippen molar-refractivity contribution in [3.8, 4) is 11.3 Å². The molecule has 0 N–H and O–H groups in total. The summed E-state index contributed by atoms with van der Waals surface area (Å²) in [5.74, 6) is 0. The first-order chi connectivity index (χ1) is 12.2. The Labute approximate surface area is 157 Å². The highest BCUT2D eigenvalue weighted by Crippen LogP contribution is 2.47. The van der Waals surface area contributed by atoms with E-state index < -0.39 is 0 Å². The summed E-state index contributed by atoms with van der Waals surface area (Å²) in [7, 11) is 0. The van der Waals surface area contributed by atoms with Crippen LogP contribution < -0.4 is 0 Å². The lowest BCUT2D eigenvalue weighted by molar-refractivity contribution is 0.332. The van der Waals surface area contributed by atoms with Gasteiger partial charge >= 0.3 is 0 Å². The molecule has 1 nitrogen and oxygen atoms in total. The van der Waals surface area contributed by atoms with Gasteiger partial charge in [0.05, 0.1) is 5.69 Å². The van der Waals surface area contributed by atoms with Gasteiger partial charge in [-0.3, -0.25) is 4.98 Å². The van der Waals surface area contributed by atoms with E-state index in [1.165, 1.54) is 51.4 Å². The smallest absolute Gasteiger partial charge is 0.0780 e. The molecule has 1 aliphatic rings. The van der Waals surface area contributed by atoms with Crippen LogP contribution in [0.2, 0.25) is 0 Å². The number of rotatable bonds is 1. The Morgan fingerprint density at radius 1 is 0.769 bits per heavy atom. The van der Waals surface area contributed by atoms with Crippen LogP contribution >= 0.6 is 0 Å². The molecule has 0 unspecified atom stereocenters. The van der Waals surface area contributed by atoms with Crippen LogP contribution in [0.25, 0.3) is 22.0 Å². The van der Waals surface area contributed by atoms with Gasteiger partial charge in [-0.15, -0.1) is 0 Å². The molecule has 0 fully saturated rings. The van der Waals surface area contributed by atoms with E-state index in [-0.39, 0.29) is 10.8 Å². The van der Waals surface area contributed by atoms with Crippen molar-refractivity contribution in [3.05, 3.63) is 64.8 Å². The van der Waals surface area contributed by atoms with E-state index in [2.05, 4.69) is 77.9 Å². The number of pyridine rings is 1. The standard InChI is InChI=1S/C25H29N/c1-16-11-17(2)13-19(12-16)23-20-15-22-21(14-18(20)7-10-26-23)24(3,4)8-9-25(22,5)6/h7,10-15H,8-9H2,1-6H3. The summed E-state index contributed by atoms with van der Waals surface area (Å²) in [6.07, 6.45) is 4.44. The van der Waals surface area contributed by atoms with E-state index in [0.29, 0.717) is 0 Å². The van der Waals surface area contributed by atoms with Gasteiger partial charge < -0.3 is 0 Å². The molecule has 4 rings (SSSR count). The fourth-order valence-electron chi connectivity index (χ4n) is 4.58. The molecule has 1 heterocycles. The predicted molar refractivity (Wildman–Crippen MR) is 112 cm³/mol. The molecule has 2 aromatic carbocycles. The third-order valence-electron chi connectivity index (χ3n) is 6.23. The van der Waals surface area contributed by atoms with Crippen molar-refractivity contribution in [1.29, 1.82) is 0 Å². The SMILES string of the molecule is Cc1cc(C)cc(-c2nccc3cc4c(cc23)C(C)(C)CCC4(C)C)c1. The maximum absolute atomic E-state index is 4.79. The highest BCUT2D eigenvalue weighted by atomic mass is 14.7. The lowest BCUT2D eigenvalue weighted by Gasteiger charge is -2.42. The van der Waals surface area contributed by atoms with E-state index in [1.54, 1.807) is 0 Å². The number of fused-ring (bicyclic) bond motifs is 2. The van der Waals surface area contributed by atoms with Gasteiger partial charge in [0.2, 0.25) is 0 Å². The minimum absolute atomic E-state index is 0.217. The highest BCUT2D eigenvalue weighted by molar-refractivity contribution is 5.96. The van der Waals surface area contributed by atoms with E-state index in [9.17, 15) is 0 Å². The predicted octanol–water partition coefficient (Wildman–Crippen LogP) is 6.87. The maximum atomic E-state index is 4.79. The van der Waals surface area contributed by atoms with E-state index in [0.717, 1.165) is 5.69 Å². The van der Waals surface area contributed by atoms with Gasteiger partial charge in [0.1, 0.15) is 0 Å². The lowest BCUT2D eigenvalue weighted by atomic mass is 9.63. The summed E-state index contributed by atoms with van der Waals surface area (Å²) in [4.78, 5) is 4.79. The molecular weight excluding hydrogens is 314 g/mol. The number of benzene rings is 2. The van der Waals surface area contributed by atoms with Gasteiger partial charge in [-0.25, -0.2) is 0 Å². The second kappa shape index (κ2) is 5.67. The van der Waals surface area contributed by atoms with E-state index in [1.807, 2.05) is 6.20 Å². The van der Waals surface area contributed by atoms with Crippen molar-refractivity contribution in [3.63, 3.8) is 0 Å². The summed E-state index contributed by atoms with van der Waals surface area (Å²) in [6.45, 7) is 13.9. The third kappa shape index (κ3) is 2.74. The Morgan fingerprint density at radius 3 is 1.96 bits per heavy atom. The molecule has 0 saturated heterocycles. The number of hydrogen-bond acceptors (Lipinski definition) is 1. The van der Waals surface area contributed by atoms with Crippen molar-refractivity contribution >= 4 is 10.8 Å². The average molecular weight is 344 g/mol. The number of nitrogens with zero attached hydrogens (tertiary/aromatic N) is 1. The second-order valence-electron chi connectivity index (χ2n) is 9.42. The largest absolute Gasteiger partial charge is 0.256 e. The van der Waals surface area contributed by atoms with Gasteiger partial charge in [0, 0.05) is 17.1 Å². The zero-order valence-corrected chi connectivity index (χ0v) is 16.9. The molecule has 0 spiro atoms. The van der Waals surface area contributed by atoms with Crippen LogP contribution in [0.1, 0.15) is 62.8 Å². The zero-order chi connectivity index (χ0) is 18.7. The first-order valence-electron chi connectivity index (χ1n) is 9.70. The molecule has 26 heavy (non-hydrogen) atoms. The maximum Gasteiger partial charge on any atom is 0.0780 e. The Hall–Kier alpha value is -2.15. The minimum Gasteiger partial charge on any atom is -0.256 e. The van der Waals surface area contributed by atoms with E-state index >= 15 is 0 Å². The second-order valence-corrected chi connectivity index (χ2v) is 9.42. The summed E-state index contributed by atoms with van der Waals surface area (Å²) in [5, 5.41) is 2.58. The molecule has 0 radical (unpaired) electrons. The van der Waals surface area contributed by atoms with Crippen LogP contribution in [0.5, 0.6) is 0 Å². The van der Waals surface area contributed by atoms with E-state index in [4.69, 9.17) is 4.98 Å². The molecule has 134 valence electrons. The molecule has 0 aliphatic heterocycles. The molecule has 1 heteroatoms. The number of aryl methyl sites for hydroxylation is 2. The fraction of sp³-hybridized carbons (Fsp3) is 0.400. The summed E-state index contributed by atoms with van der Waals surface area (Å²) < 4.78 is 0. The van der Waals surface area contributed by atoms with Crippen LogP contribution in [-0.4, -0.2) is 4.98 Å². The Kier molecular flexibility index (Phi) is 3.77. The number of hydrogen-bond donors (Lipinski definition) is 0. The van der Waals surface area contributed by atoms with Crippen molar-refractivity contribution in [2.24, 2.45) is 0 Å². The zero-order valence-electron chi connectivity index (χ0n) is 16.9. The quantitative estimate of drug-likeness (QED) is 0.470. The van der Waals surface area contributed by atoms with Crippen LogP contribution in [-0.2, 0) is 10.8 Å². The molecule has 0 amide bonds. The topological polar surface area (TPSA) is 12.9 Å². The monoisotopic (exact) mass is 343 g/mol. The van der Waals surface area contributed by atoms with Gasteiger partial charge in [-0.2, -0.15) is 0 Å². The minimum atomic E-state index is 0.217. The summed E-state index contributed by atoms with van der Waals surface area (Å²) in [5.41, 5.74) is 8.38. The van der Waals surface area contributed by atoms with Gasteiger partial charge in [-0.1, -0.05) is 51.0 Å². The molecule has 0 bridgehead atoms. The third-order valence-corrected chi connectivity index (χ3v) is 6.23. The van der Waals surface area contributed by atoms with Crippen molar-refractivity contribution < 1.29 is 0 Å². The first-order valence-corrected chi connectivity index (χ1v) is 9.70. The molecule has 0 atom stereocenters.